The van der Waals surface area contributed by atoms with E-state index in [9.17, 15) is 22.8 Å². The molecule has 0 spiro atoms. The van der Waals surface area contributed by atoms with Gasteiger partial charge in [0.15, 0.2) is 11.5 Å². The smallest absolute Gasteiger partial charge is 0.420 e. The number of imidazole rings is 1. The zero-order chi connectivity index (χ0) is 24.0. The molecule has 2 aliphatic heterocycles. The predicted molar refractivity (Wildman–Crippen MR) is 115 cm³/mol. The van der Waals surface area contributed by atoms with Gasteiger partial charge in [-0.1, -0.05) is 0 Å². The Hall–Kier alpha value is -4.02. The average molecular weight is 472 g/mol. The van der Waals surface area contributed by atoms with Gasteiger partial charge in [-0.2, -0.15) is 8.78 Å². The molecule has 0 fully saturated rings. The minimum atomic E-state index is -3.58. The van der Waals surface area contributed by atoms with Gasteiger partial charge in [0.25, 0.3) is 11.5 Å². The fraction of sp³-hybridized carbons (Fsp3) is 0.261. The number of pyridine rings is 1. The van der Waals surface area contributed by atoms with Gasteiger partial charge in [0, 0.05) is 25.4 Å². The third-order valence-corrected chi connectivity index (χ3v) is 5.65. The molecular weight excluding hydrogens is 453 g/mol. The maximum Gasteiger partial charge on any atom is 0.420 e. The Kier molecular flexibility index (Phi) is 5.18. The van der Waals surface area contributed by atoms with Crippen LogP contribution in [0.25, 0.3) is 11.8 Å². The Labute approximate surface area is 191 Å². The first-order valence-electron chi connectivity index (χ1n) is 10.5. The van der Waals surface area contributed by atoms with Crippen LogP contribution < -0.4 is 15.0 Å². The molecule has 0 saturated heterocycles. The van der Waals surface area contributed by atoms with E-state index < -0.39 is 17.7 Å². The van der Waals surface area contributed by atoms with E-state index in [4.69, 9.17) is 4.74 Å². The first-order valence-corrected chi connectivity index (χ1v) is 10.5. The van der Waals surface area contributed by atoms with Gasteiger partial charge < -0.3 is 23.5 Å². The number of nitrogens with zero attached hydrogens (tertiary/aromatic N) is 4. The fourth-order valence-electron chi connectivity index (χ4n) is 3.97. The van der Waals surface area contributed by atoms with Gasteiger partial charge in [0.05, 0.1) is 24.1 Å². The fourth-order valence-corrected chi connectivity index (χ4v) is 3.97. The van der Waals surface area contributed by atoms with Crippen molar-refractivity contribution in [3.63, 3.8) is 0 Å². The lowest BCUT2D eigenvalue weighted by Gasteiger charge is -2.30. The van der Waals surface area contributed by atoms with Crippen molar-refractivity contribution < 1.29 is 27.4 Å². The van der Waals surface area contributed by atoms with Crippen molar-refractivity contribution in [3.05, 3.63) is 76.0 Å². The third-order valence-electron chi connectivity index (χ3n) is 5.65. The SMILES string of the molecule is Cc1cn(-c2ccc3n(c2=O)CCN(CCOc2ccc(F)c4c2OC(F)(F)C=C4)C3=O)cn1. The normalized spacial score (nSPS) is 16.1. The topological polar surface area (TPSA) is 78.6 Å². The number of carbonyl (C=O) groups is 1. The van der Waals surface area contributed by atoms with Crippen molar-refractivity contribution in [3.8, 4) is 17.2 Å². The summed E-state index contributed by atoms with van der Waals surface area (Å²) < 4.78 is 54.3. The van der Waals surface area contributed by atoms with E-state index in [-0.39, 0.29) is 54.7 Å². The lowest BCUT2D eigenvalue weighted by molar-refractivity contribution is -0.134. The minimum Gasteiger partial charge on any atom is -0.488 e. The van der Waals surface area contributed by atoms with E-state index in [1.165, 1.54) is 21.9 Å². The van der Waals surface area contributed by atoms with Crippen molar-refractivity contribution in [2.24, 2.45) is 0 Å². The zero-order valence-corrected chi connectivity index (χ0v) is 18.0. The molecule has 2 aliphatic rings. The molecule has 0 bridgehead atoms. The van der Waals surface area contributed by atoms with Crippen LogP contribution in [0.5, 0.6) is 11.5 Å². The molecule has 5 rings (SSSR count). The van der Waals surface area contributed by atoms with Crippen LogP contribution in [0.2, 0.25) is 0 Å². The highest BCUT2D eigenvalue weighted by Gasteiger charge is 2.35. The second-order valence-corrected chi connectivity index (χ2v) is 7.91. The van der Waals surface area contributed by atoms with E-state index >= 15 is 0 Å². The van der Waals surface area contributed by atoms with Gasteiger partial charge in [-0.25, -0.2) is 9.37 Å². The second-order valence-electron chi connectivity index (χ2n) is 7.91. The van der Waals surface area contributed by atoms with Gasteiger partial charge in [0.2, 0.25) is 0 Å². The van der Waals surface area contributed by atoms with Crippen LogP contribution >= 0.6 is 0 Å². The van der Waals surface area contributed by atoms with E-state index in [1.807, 2.05) is 6.92 Å². The van der Waals surface area contributed by atoms with Crippen LogP contribution in [0, 0.1) is 12.7 Å². The summed E-state index contributed by atoms with van der Waals surface area (Å²) in [6.45, 7) is 2.45. The molecule has 0 radical (unpaired) electrons. The monoisotopic (exact) mass is 472 g/mol. The standard InChI is InChI=1S/C23H19F3N4O4/c1-14-12-29(13-27-14)17-3-4-18-21(31)28(8-9-30(18)22(17)32)10-11-33-19-5-2-16(24)15-6-7-23(25,26)34-20(15)19/h2-7,12-13H,8-11H2,1H3. The summed E-state index contributed by atoms with van der Waals surface area (Å²) in [7, 11) is 0. The third kappa shape index (κ3) is 3.82. The number of ether oxygens (including phenoxy) is 2. The maximum atomic E-state index is 14.0. The van der Waals surface area contributed by atoms with Gasteiger partial charge >= 0.3 is 6.11 Å². The summed E-state index contributed by atoms with van der Waals surface area (Å²) in [5.74, 6) is -1.52. The molecule has 11 heteroatoms. The second kappa shape index (κ2) is 8.08. The number of amides is 1. The molecule has 34 heavy (non-hydrogen) atoms. The molecular formula is C23H19F3N4O4. The van der Waals surface area contributed by atoms with Gasteiger partial charge in [-0.3, -0.25) is 9.59 Å². The maximum absolute atomic E-state index is 14.0. The number of halogens is 3. The van der Waals surface area contributed by atoms with Crippen LogP contribution in [-0.2, 0) is 6.54 Å². The number of aromatic nitrogens is 3. The van der Waals surface area contributed by atoms with Crippen molar-refractivity contribution in [1.82, 2.24) is 19.0 Å². The van der Waals surface area contributed by atoms with Crippen LogP contribution in [0.1, 0.15) is 21.7 Å². The molecule has 1 aromatic carbocycles. The molecule has 0 aliphatic carbocycles. The van der Waals surface area contributed by atoms with Gasteiger partial charge in [-0.15, -0.1) is 0 Å². The summed E-state index contributed by atoms with van der Waals surface area (Å²) in [5.41, 5.74) is 0.958. The van der Waals surface area contributed by atoms with E-state index in [2.05, 4.69) is 9.72 Å². The van der Waals surface area contributed by atoms with E-state index in [0.29, 0.717) is 11.8 Å². The van der Waals surface area contributed by atoms with Crippen LogP contribution in [0.3, 0.4) is 0 Å². The molecule has 2 aromatic heterocycles. The highest BCUT2D eigenvalue weighted by molar-refractivity contribution is 5.93. The largest absolute Gasteiger partial charge is 0.488 e. The quantitative estimate of drug-likeness (QED) is 0.571. The summed E-state index contributed by atoms with van der Waals surface area (Å²) in [4.78, 5) is 31.5. The molecule has 3 aromatic rings. The number of aryl methyl sites for hydroxylation is 1. The Morgan fingerprint density at radius 3 is 2.76 bits per heavy atom. The lowest BCUT2D eigenvalue weighted by Crippen LogP contribution is -2.46. The Balaban J connectivity index is 1.30. The number of alkyl halides is 2. The Morgan fingerprint density at radius 2 is 2.00 bits per heavy atom. The first-order chi connectivity index (χ1) is 16.2. The molecule has 4 heterocycles. The van der Waals surface area contributed by atoms with Crippen molar-refractivity contribution in [1.29, 1.82) is 0 Å². The number of fused-ring (bicyclic) bond motifs is 2. The van der Waals surface area contributed by atoms with Crippen molar-refractivity contribution in [2.45, 2.75) is 19.6 Å². The molecule has 176 valence electrons. The average Bonchev–Trinajstić information content (AvgIpc) is 3.22. The van der Waals surface area contributed by atoms with Crippen LogP contribution in [0.15, 0.2) is 47.7 Å². The minimum absolute atomic E-state index is 0.0426. The van der Waals surface area contributed by atoms with Crippen LogP contribution in [-0.4, -0.2) is 50.7 Å². The summed E-state index contributed by atoms with van der Waals surface area (Å²) >= 11 is 0. The Bertz CT molecular complexity index is 1380. The molecule has 0 unspecified atom stereocenters. The highest BCUT2D eigenvalue weighted by Crippen LogP contribution is 2.41. The van der Waals surface area contributed by atoms with Crippen molar-refractivity contribution in [2.75, 3.05) is 19.7 Å². The molecule has 0 N–H and O–H groups in total. The van der Waals surface area contributed by atoms with Gasteiger partial charge in [0.1, 0.15) is 23.8 Å². The predicted octanol–water partition coefficient (Wildman–Crippen LogP) is 3.01. The van der Waals surface area contributed by atoms with Gasteiger partial charge in [-0.05, 0) is 37.3 Å². The van der Waals surface area contributed by atoms with E-state index in [1.54, 1.807) is 22.9 Å². The number of hydrogen-bond acceptors (Lipinski definition) is 5. The molecule has 8 nitrogen and oxygen atoms in total. The number of rotatable bonds is 5. The first kappa shape index (κ1) is 21.8. The summed E-state index contributed by atoms with van der Waals surface area (Å²) in [6.07, 6.45) is 1.10. The lowest BCUT2D eigenvalue weighted by atomic mass is 10.1. The van der Waals surface area contributed by atoms with Crippen LogP contribution in [0.4, 0.5) is 13.2 Å². The summed E-state index contributed by atoms with van der Waals surface area (Å²) in [6, 6.07) is 5.46. The number of benzene rings is 1. The number of hydrogen-bond donors (Lipinski definition) is 0. The zero-order valence-electron chi connectivity index (χ0n) is 18.0. The molecule has 0 saturated carbocycles. The summed E-state index contributed by atoms with van der Waals surface area (Å²) in [5, 5.41) is 0. The van der Waals surface area contributed by atoms with E-state index in [0.717, 1.165) is 17.8 Å². The van der Waals surface area contributed by atoms with Crippen molar-refractivity contribution >= 4 is 12.0 Å². The Morgan fingerprint density at radius 1 is 1.18 bits per heavy atom. The molecule has 1 amide bonds. The highest BCUT2D eigenvalue weighted by atomic mass is 19.3. The number of carbonyl (C=O) groups excluding carboxylic acids is 1. The molecule has 0 atom stereocenters.